The van der Waals surface area contributed by atoms with E-state index < -0.39 is 0 Å². The van der Waals surface area contributed by atoms with Gasteiger partial charge in [0.2, 0.25) is 5.91 Å². The van der Waals surface area contributed by atoms with E-state index in [1.54, 1.807) is 0 Å². The van der Waals surface area contributed by atoms with Gasteiger partial charge < -0.3 is 4.90 Å². The maximum atomic E-state index is 13.0. The van der Waals surface area contributed by atoms with Crippen molar-refractivity contribution in [2.45, 2.75) is 51.5 Å². The van der Waals surface area contributed by atoms with Crippen molar-refractivity contribution in [2.24, 2.45) is 0 Å². The first-order valence-electron chi connectivity index (χ1n) is 8.92. The van der Waals surface area contributed by atoms with Gasteiger partial charge in [0.15, 0.2) is 0 Å². The fourth-order valence-corrected chi connectivity index (χ4v) is 3.69. The summed E-state index contributed by atoms with van der Waals surface area (Å²) in [6.45, 7) is 4.23. The molecular weight excluding hydrogens is 308 g/mol. The number of benzene rings is 2. The number of carbonyl (C=O) groups excluding carboxylic acids is 1. The predicted octanol–water partition coefficient (Wildman–Crippen LogP) is 4.64. The molecule has 0 saturated carbocycles. The van der Waals surface area contributed by atoms with Crippen LogP contribution >= 0.6 is 0 Å². The normalized spacial score (nSPS) is 15.3. The fraction of sp³-hybridized carbons (Fsp3) is 0.364. The molecule has 0 spiro atoms. The van der Waals surface area contributed by atoms with Crippen LogP contribution < -0.4 is 4.90 Å². The quantitative estimate of drug-likeness (QED) is 0.818. The van der Waals surface area contributed by atoms with Crippen LogP contribution in [0.4, 0.5) is 5.69 Å². The highest BCUT2D eigenvalue weighted by atomic mass is 16.2. The number of anilines is 1. The van der Waals surface area contributed by atoms with Gasteiger partial charge in [-0.25, -0.2) is 0 Å². The Balaban J connectivity index is 1.78. The van der Waals surface area contributed by atoms with Crippen LogP contribution in [0.5, 0.6) is 0 Å². The van der Waals surface area contributed by atoms with Crippen molar-refractivity contribution in [3.05, 3.63) is 65.2 Å². The Morgan fingerprint density at radius 1 is 1.16 bits per heavy atom. The molecule has 0 bridgehead atoms. The molecule has 128 valence electrons. The Hall–Kier alpha value is -2.60. The molecule has 1 heterocycles. The van der Waals surface area contributed by atoms with Gasteiger partial charge in [-0.3, -0.25) is 4.79 Å². The Kier molecular flexibility index (Phi) is 4.90. The minimum Gasteiger partial charge on any atom is -0.307 e. The summed E-state index contributed by atoms with van der Waals surface area (Å²) >= 11 is 0. The molecule has 0 N–H and O–H groups in total. The molecule has 1 aliphatic rings. The molecule has 0 atom stereocenters. The first-order valence-corrected chi connectivity index (χ1v) is 8.92. The highest BCUT2D eigenvalue weighted by Crippen LogP contribution is 2.38. The standard InChI is InChI=1S/C22H24N2O/c1-22(2)15-14-19-18(16-23)11-7-12-20(19)24(22)21(25)13-6-10-17-8-4-3-5-9-17/h3-5,7-9,11-12H,6,10,13-15H2,1-2H3. The maximum Gasteiger partial charge on any atom is 0.227 e. The van der Waals surface area contributed by atoms with Crippen LogP contribution in [0.2, 0.25) is 0 Å². The Morgan fingerprint density at radius 3 is 2.64 bits per heavy atom. The lowest BCUT2D eigenvalue weighted by Crippen LogP contribution is -2.51. The fourth-order valence-electron chi connectivity index (χ4n) is 3.69. The van der Waals surface area contributed by atoms with Crippen molar-refractivity contribution < 1.29 is 4.79 Å². The highest BCUT2D eigenvalue weighted by Gasteiger charge is 2.37. The van der Waals surface area contributed by atoms with Gasteiger partial charge in [0.05, 0.1) is 11.6 Å². The molecule has 0 aromatic heterocycles. The molecule has 0 aliphatic carbocycles. The molecule has 25 heavy (non-hydrogen) atoms. The summed E-state index contributed by atoms with van der Waals surface area (Å²) in [4.78, 5) is 14.9. The van der Waals surface area contributed by atoms with Crippen LogP contribution in [0.25, 0.3) is 0 Å². The SMILES string of the molecule is CC1(C)CCc2c(C#N)cccc2N1C(=O)CCCc1ccccc1. The van der Waals surface area contributed by atoms with Crippen LogP contribution in [0.3, 0.4) is 0 Å². The molecule has 2 aromatic rings. The summed E-state index contributed by atoms with van der Waals surface area (Å²) in [5.41, 5.74) is 3.67. The molecule has 3 rings (SSSR count). The monoisotopic (exact) mass is 332 g/mol. The summed E-state index contributed by atoms with van der Waals surface area (Å²) in [5, 5.41) is 9.36. The van der Waals surface area contributed by atoms with Gasteiger partial charge in [0.1, 0.15) is 0 Å². The van der Waals surface area contributed by atoms with E-state index in [-0.39, 0.29) is 11.4 Å². The zero-order chi connectivity index (χ0) is 17.9. The van der Waals surface area contributed by atoms with Crippen LogP contribution in [-0.4, -0.2) is 11.4 Å². The van der Waals surface area contributed by atoms with E-state index in [4.69, 9.17) is 0 Å². The van der Waals surface area contributed by atoms with Gasteiger partial charge in [0, 0.05) is 17.6 Å². The summed E-state index contributed by atoms with van der Waals surface area (Å²) in [7, 11) is 0. The molecule has 2 aromatic carbocycles. The number of fused-ring (bicyclic) bond motifs is 1. The van der Waals surface area contributed by atoms with E-state index in [1.165, 1.54) is 5.56 Å². The third-order valence-electron chi connectivity index (χ3n) is 5.05. The minimum absolute atomic E-state index is 0.150. The number of hydrogen-bond donors (Lipinski definition) is 0. The molecule has 0 fully saturated rings. The molecule has 1 aliphatic heterocycles. The Labute approximate surface area is 149 Å². The lowest BCUT2D eigenvalue weighted by molar-refractivity contribution is -0.119. The summed E-state index contributed by atoms with van der Waals surface area (Å²) in [6, 6.07) is 18.2. The molecule has 3 heteroatoms. The Morgan fingerprint density at radius 2 is 1.92 bits per heavy atom. The highest BCUT2D eigenvalue weighted by molar-refractivity contribution is 5.96. The lowest BCUT2D eigenvalue weighted by Gasteiger charge is -2.44. The van der Waals surface area contributed by atoms with Crippen LogP contribution in [0, 0.1) is 11.3 Å². The number of aryl methyl sites for hydroxylation is 1. The largest absolute Gasteiger partial charge is 0.307 e. The number of nitriles is 1. The van der Waals surface area contributed by atoms with Crippen molar-refractivity contribution in [3.8, 4) is 6.07 Å². The lowest BCUT2D eigenvalue weighted by atomic mass is 9.84. The topological polar surface area (TPSA) is 44.1 Å². The van der Waals surface area contributed by atoms with Gasteiger partial charge in [-0.05, 0) is 62.8 Å². The van der Waals surface area contributed by atoms with Crippen molar-refractivity contribution in [2.75, 3.05) is 4.90 Å². The van der Waals surface area contributed by atoms with Gasteiger partial charge in [-0.2, -0.15) is 5.26 Å². The average Bonchev–Trinajstić information content (AvgIpc) is 2.61. The summed E-state index contributed by atoms with van der Waals surface area (Å²) in [6.07, 6.45) is 3.99. The van der Waals surface area contributed by atoms with E-state index in [0.717, 1.165) is 36.9 Å². The second-order valence-electron chi connectivity index (χ2n) is 7.30. The van der Waals surface area contributed by atoms with Crippen LogP contribution in [0.1, 0.15) is 49.8 Å². The number of hydrogen-bond acceptors (Lipinski definition) is 2. The first kappa shape index (κ1) is 17.2. The van der Waals surface area contributed by atoms with Gasteiger partial charge >= 0.3 is 0 Å². The first-order chi connectivity index (χ1) is 12.0. The molecule has 3 nitrogen and oxygen atoms in total. The smallest absolute Gasteiger partial charge is 0.227 e. The maximum absolute atomic E-state index is 13.0. The van der Waals surface area contributed by atoms with E-state index in [9.17, 15) is 10.1 Å². The second-order valence-corrected chi connectivity index (χ2v) is 7.30. The number of carbonyl (C=O) groups is 1. The van der Waals surface area contributed by atoms with E-state index in [0.29, 0.717) is 12.0 Å². The third kappa shape index (κ3) is 3.58. The van der Waals surface area contributed by atoms with Crippen LogP contribution in [0.15, 0.2) is 48.5 Å². The van der Waals surface area contributed by atoms with Crippen molar-refractivity contribution >= 4 is 11.6 Å². The predicted molar refractivity (Wildman–Crippen MR) is 100 cm³/mol. The molecule has 0 radical (unpaired) electrons. The number of amides is 1. The van der Waals surface area contributed by atoms with Crippen LogP contribution in [-0.2, 0) is 17.6 Å². The van der Waals surface area contributed by atoms with E-state index in [1.807, 2.05) is 41.3 Å². The molecule has 0 saturated heterocycles. The second kappa shape index (κ2) is 7.11. The number of rotatable bonds is 4. The van der Waals surface area contributed by atoms with Crippen molar-refractivity contribution in [1.29, 1.82) is 5.26 Å². The van der Waals surface area contributed by atoms with E-state index in [2.05, 4.69) is 32.0 Å². The number of nitrogens with zero attached hydrogens (tertiary/aromatic N) is 2. The zero-order valence-corrected chi connectivity index (χ0v) is 15.0. The third-order valence-corrected chi connectivity index (χ3v) is 5.05. The van der Waals surface area contributed by atoms with Gasteiger partial charge in [-0.1, -0.05) is 36.4 Å². The van der Waals surface area contributed by atoms with E-state index >= 15 is 0 Å². The van der Waals surface area contributed by atoms with Gasteiger partial charge in [0.25, 0.3) is 0 Å². The van der Waals surface area contributed by atoms with Crippen molar-refractivity contribution in [1.82, 2.24) is 0 Å². The molecule has 0 unspecified atom stereocenters. The minimum atomic E-state index is -0.217. The Bertz CT molecular complexity index is 803. The molecular formula is C22H24N2O. The van der Waals surface area contributed by atoms with Gasteiger partial charge in [-0.15, -0.1) is 0 Å². The van der Waals surface area contributed by atoms with Crippen molar-refractivity contribution in [3.63, 3.8) is 0 Å². The zero-order valence-electron chi connectivity index (χ0n) is 15.0. The summed E-state index contributed by atoms with van der Waals surface area (Å²) < 4.78 is 0. The average molecular weight is 332 g/mol. The summed E-state index contributed by atoms with van der Waals surface area (Å²) in [5.74, 6) is 0.150. The molecule has 1 amide bonds.